The van der Waals surface area contributed by atoms with Crippen LogP contribution in [-0.2, 0) is 4.79 Å². The number of ether oxygens (including phenoxy) is 1. The van der Waals surface area contributed by atoms with E-state index in [1.54, 1.807) is 24.3 Å². The number of benzene rings is 1. The van der Waals surface area contributed by atoms with Crippen LogP contribution >= 0.6 is 0 Å². The van der Waals surface area contributed by atoms with Gasteiger partial charge in [-0.2, -0.15) is 0 Å². The number of hydrogen-bond acceptors (Lipinski definition) is 4. The van der Waals surface area contributed by atoms with Crippen LogP contribution in [0.1, 0.15) is 71.1 Å². The lowest BCUT2D eigenvalue weighted by Gasteiger charge is -2.04. The molecule has 0 saturated carbocycles. The Hall–Kier alpha value is -3.14. The molecule has 1 aromatic heterocycles. The number of hydrogen-bond donors (Lipinski definition) is 0. The Morgan fingerprint density at radius 3 is 2.09 bits per heavy atom. The topological polar surface area (TPSA) is 56.5 Å². The minimum Gasteiger partial charge on any atom is -0.426 e. The quantitative estimate of drug-likeness (QED) is 0.0915. The molecule has 1 heterocycles. The number of carbonyl (C=O) groups is 1. The summed E-state index contributed by atoms with van der Waals surface area (Å²) in [5.41, 5.74) is -0.0149. The lowest BCUT2D eigenvalue weighted by molar-refractivity contribution is -0.134. The van der Waals surface area contributed by atoms with Crippen LogP contribution in [0.4, 0.5) is 0 Å². The van der Waals surface area contributed by atoms with E-state index in [1.165, 1.54) is 31.7 Å². The first-order valence-corrected chi connectivity index (χ1v) is 12.0. The van der Waals surface area contributed by atoms with Gasteiger partial charge >= 0.3 is 11.6 Å². The van der Waals surface area contributed by atoms with Crippen molar-refractivity contribution in [2.45, 2.75) is 71.1 Å². The molecular weight excluding hydrogens is 412 g/mol. The number of carbonyl (C=O) groups excluding carboxylic acids is 1. The molecule has 0 unspecified atom stereocenters. The highest BCUT2D eigenvalue weighted by molar-refractivity contribution is 5.79. The summed E-state index contributed by atoms with van der Waals surface area (Å²) in [5.74, 6) is 0.100. The van der Waals surface area contributed by atoms with Gasteiger partial charge in [0.15, 0.2) is 0 Å². The van der Waals surface area contributed by atoms with Crippen LogP contribution in [0.2, 0.25) is 0 Å². The zero-order valence-electron chi connectivity index (χ0n) is 19.7. The fourth-order valence-corrected chi connectivity index (χ4v) is 3.21. The SMILES string of the molecule is CCCCC/C=C\C/C=C\C/C=C\C/C=C\CCCC(=O)Oc1ccc2ccc(=O)oc2c1. The Morgan fingerprint density at radius 1 is 0.818 bits per heavy atom. The molecular formula is C29H36O4. The number of esters is 1. The average molecular weight is 449 g/mol. The van der Waals surface area contributed by atoms with Crippen LogP contribution in [0.5, 0.6) is 5.75 Å². The van der Waals surface area contributed by atoms with Crippen molar-refractivity contribution in [1.82, 2.24) is 0 Å². The van der Waals surface area contributed by atoms with Crippen molar-refractivity contribution in [1.29, 1.82) is 0 Å². The lowest BCUT2D eigenvalue weighted by atomic mass is 10.2. The van der Waals surface area contributed by atoms with Crippen molar-refractivity contribution in [3.05, 3.63) is 89.4 Å². The molecule has 0 saturated heterocycles. The average Bonchev–Trinajstić information content (AvgIpc) is 2.81. The maximum Gasteiger partial charge on any atom is 0.336 e. The first-order chi connectivity index (χ1) is 16.2. The van der Waals surface area contributed by atoms with Gasteiger partial charge in [-0.15, -0.1) is 0 Å². The van der Waals surface area contributed by atoms with Crippen molar-refractivity contribution in [2.75, 3.05) is 0 Å². The fraction of sp³-hybridized carbons (Fsp3) is 0.379. The molecule has 0 bridgehead atoms. The summed E-state index contributed by atoms with van der Waals surface area (Å²) in [5, 5.41) is 0.787. The minimum atomic E-state index is -0.426. The first-order valence-electron chi connectivity index (χ1n) is 12.0. The molecule has 0 aliphatic heterocycles. The van der Waals surface area contributed by atoms with Crippen LogP contribution < -0.4 is 10.4 Å². The molecule has 176 valence electrons. The Kier molecular flexibility index (Phi) is 13.0. The molecule has 4 nitrogen and oxygen atoms in total. The van der Waals surface area contributed by atoms with Gasteiger partial charge in [-0.25, -0.2) is 4.79 Å². The smallest absolute Gasteiger partial charge is 0.336 e. The predicted octanol–water partition coefficient (Wildman–Crippen LogP) is 7.84. The van der Waals surface area contributed by atoms with Crippen LogP contribution in [0.3, 0.4) is 0 Å². The van der Waals surface area contributed by atoms with Gasteiger partial charge in [0.05, 0.1) is 0 Å². The molecule has 0 radical (unpaired) electrons. The molecule has 0 aliphatic carbocycles. The van der Waals surface area contributed by atoms with E-state index in [-0.39, 0.29) is 5.97 Å². The summed E-state index contributed by atoms with van der Waals surface area (Å²) >= 11 is 0. The van der Waals surface area contributed by atoms with Gasteiger partial charge in [0.2, 0.25) is 0 Å². The van der Waals surface area contributed by atoms with E-state index in [0.717, 1.165) is 37.5 Å². The van der Waals surface area contributed by atoms with Gasteiger partial charge in [-0.3, -0.25) is 4.79 Å². The van der Waals surface area contributed by atoms with Gasteiger partial charge < -0.3 is 9.15 Å². The Bertz CT molecular complexity index is 1010. The van der Waals surface area contributed by atoms with E-state index < -0.39 is 5.63 Å². The highest BCUT2D eigenvalue weighted by Crippen LogP contribution is 2.20. The highest BCUT2D eigenvalue weighted by Gasteiger charge is 2.06. The zero-order valence-corrected chi connectivity index (χ0v) is 19.7. The van der Waals surface area contributed by atoms with Crippen LogP contribution in [0.25, 0.3) is 11.0 Å². The Morgan fingerprint density at radius 2 is 1.42 bits per heavy atom. The summed E-state index contributed by atoms with van der Waals surface area (Å²) in [4.78, 5) is 23.3. The Labute approximate surface area is 197 Å². The minimum absolute atomic E-state index is 0.288. The first kappa shape index (κ1) is 26.1. The van der Waals surface area contributed by atoms with Crippen LogP contribution in [-0.4, -0.2) is 5.97 Å². The number of allylic oxidation sites excluding steroid dienone is 8. The van der Waals surface area contributed by atoms with Gasteiger partial charge in [-0.1, -0.05) is 68.4 Å². The summed E-state index contributed by atoms with van der Waals surface area (Å²) in [7, 11) is 0. The van der Waals surface area contributed by atoms with E-state index in [1.807, 2.05) is 0 Å². The molecule has 1 aromatic carbocycles. The standard InChI is InChI=1S/C29H36O4/c1-2-3-4-5-6-7-8-9-10-11-12-13-14-15-16-17-18-19-28(30)32-26-22-20-25-21-23-29(31)33-27(25)24-26/h6-7,9-10,12-13,15-16,20-24H,2-5,8,11,14,17-19H2,1H3/b7-6-,10-9-,13-12-,16-15-. The molecule has 2 aromatic rings. The predicted molar refractivity (Wildman–Crippen MR) is 137 cm³/mol. The third-order valence-electron chi connectivity index (χ3n) is 5.04. The number of unbranched alkanes of at least 4 members (excludes halogenated alkanes) is 4. The number of fused-ring (bicyclic) bond motifs is 1. The largest absolute Gasteiger partial charge is 0.426 e. The monoisotopic (exact) mass is 448 g/mol. The summed E-state index contributed by atoms with van der Waals surface area (Å²) in [6, 6.07) is 8.08. The number of rotatable bonds is 15. The second-order valence-corrected chi connectivity index (χ2v) is 7.91. The van der Waals surface area contributed by atoms with E-state index in [4.69, 9.17) is 9.15 Å². The van der Waals surface area contributed by atoms with Crippen LogP contribution in [0.15, 0.2) is 88.2 Å². The van der Waals surface area contributed by atoms with E-state index in [9.17, 15) is 9.59 Å². The third-order valence-corrected chi connectivity index (χ3v) is 5.04. The van der Waals surface area contributed by atoms with Crippen molar-refractivity contribution in [3.8, 4) is 5.75 Å². The van der Waals surface area contributed by atoms with Gasteiger partial charge in [0.25, 0.3) is 0 Å². The van der Waals surface area contributed by atoms with Crippen molar-refractivity contribution in [2.24, 2.45) is 0 Å². The van der Waals surface area contributed by atoms with Crippen molar-refractivity contribution in [3.63, 3.8) is 0 Å². The second-order valence-electron chi connectivity index (χ2n) is 7.91. The molecule has 2 rings (SSSR count). The summed E-state index contributed by atoms with van der Waals surface area (Å²) in [6.45, 7) is 2.23. The zero-order chi connectivity index (χ0) is 23.6. The normalized spacial score (nSPS) is 12.2. The molecule has 0 atom stereocenters. The van der Waals surface area contributed by atoms with E-state index in [0.29, 0.717) is 17.8 Å². The van der Waals surface area contributed by atoms with Gasteiger partial charge in [0.1, 0.15) is 11.3 Å². The molecule has 0 N–H and O–H groups in total. The van der Waals surface area contributed by atoms with E-state index >= 15 is 0 Å². The molecule has 33 heavy (non-hydrogen) atoms. The maximum atomic E-state index is 12.0. The molecule has 0 fully saturated rings. The van der Waals surface area contributed by atoms with Crippen molar-refractivity contribution < 1.29 is 13.9 Å². The van der Waals surface area contributed by atoms with E-state index in [2.05, 4.69) is 55.5 Å². The van der Waals surface area contributed by atoms with Gasteiger partial charge in [-0.05, 0) is 63.1 Å². The Balaban J connectivity index is 1.52. The van der Waals surface area contributed by atoms with Crippen molar-refractivity contribution >= 4 is 16.9 Å². The summed E-state index contributed by atoms with van der Waals surface area (Å²) in [6.07, 6.45) is 27.4. The molecule has 0 amide bonds. The summed E-state index contributed by atoms with van der Waals surface area (Å²) < 4.78 is 10.5. The second kappa shape index (κ2) is 16.5. The highest BCUT2D eigenvalue weighted by atomic mass is 16.5. The fourth-order valence-electron chi connectivity index (χ4n) is 3.21. The molecule has 4 heteroatoms. The molecule has 0 spiro atoms. The third kappa shape index (κ3) is 11.9. The van der Waals surface area contributed by atoms with Gasteiger partial charge in [0, 0.05) is 23.9 Å². The molecule has 0 aliphatic rings. The van der Waals surface area contributed by atoms with Crippen LogP contribution in [0, 0.1) is 0 Å². The lowest BCUT2D eigenvalue weighted by Crippen LogP contribution is -2.07. The maximum absolute atomic E-state index is 12.0.